The molecule has 0 radical (unpaired) electrons. The van der Waals surface area contributed by atoms with E-state index in [0.717, 1.165) is 17.1 Å². The predicted octanol–water partition coefficient (Wildman–Crippen LogP) is 3.06. The van der Waals surface area contributed by atoms with Crippen LogP contribution in [-0.4, -0.2) is 23.6 Å². The summed E-state index contributed by atoms with van der Waals surface area (Å²) in [5.74, 6) is 1.85. The number of likely N-dealkylation sites (N-methyl/N-ethyl adjacent to an activating group) is 1. The molecule has 1 N–H and O–H groups in total. The molecule has 102 valence electrons. The highest BCUT2D eigenvalue weighted by Crippen LogP contribution is 2.16. The highest BCUT2D eigenvalue weighted by molar-refractivity contribution is 5.23. The van der Waals surface area contributed by atoms with Gasteiger partial charge in [-0.25, -0.2) is 0 Å². The number of aliphatic hydroxyl groups excluding tert-OH is 1. The van der Waals surface area contributed by atoms with E-state index in [1.165, 1.54) is 5.56 Å². The average molecular weight is 259 g/mol. The average Bonchev–Trinajstić information content (AvgIpc) is 2.75. The lowest BCUT2D eigenvalue weighted by molar-refractivity contribution is 0.120. The molecule has 1 aromatic carbocycles. The van der Waals surface area contributed by atoms with Crippen LogP contribution in [0.5, 0.6) is 0 Å². The maximum absolute atomic E-state index is 10.2. The van der Waals surface area contributed by atoms with Crippen molar-refractivity contribution in [1.29, 1.82) is 0 Å². The normalized spacial score (nSPS) is 12.9. The molecule has 2 rings (SSSR count). The van der Waals surface area contributed by atoms with Crippen molar-refractivity contribution in [1.82, 2.24) is 4.90 Å². The molecule has 0 saturated heterocycles. The van der Waals surface area contributed by atoms with Gasteiger partial charge >= 0.3 is 0 Å². The largest absolute Gasteiger partial charge is 0.465 e. The molecule has 3 heteroatoms. The van der Waals surface area contributed by atoms with Crippen molar-refractivity contribution in [2.45, 2.75) is 26.5 Å². The van der Waals surface area contributed by atoms with Crippen LogP contribution in [0.3, 0.4) is 0 Å². The molecule has 1 aromatic heterocycles. The van der Waals surface area contributed by atoms with Gasteiger partial charge in [0.2, 0.25) is 0 Å². The molecule has 0 saturated carbocycles. The quantitative estimate of drug-likeness (QED) is 0.896. The molecule has 19 heavy (non-hydrogen) atoms. The third-order valence-corrected chi connectivity index (χ3v) is 3.17. The number of furan rings is 1. The Morgan fingerprint density at radius 2 is 1.79 bits per heavy atom. The van der Waals surface area contributed by atoms with Crippen LogP contribution in [0.1, 0.15) is 28.8 Å². The fraction of sp³-hybridized carbons (Fsp3) is 0.375. The Kier molecular flexibility index (Phi) is 4.40. The molecule has 2 aromatic rings. The summed E-state index contributed by atoms with van der Waals surface area (Å²) in [6, 6.07) is 11.9. The molecular weight excluding hydrogens is 238 g/mol. The van der Waals surface area contributed by atoms with E-state index in [4.69, 9.17) is 4.42 Å². The number of hydrogen-bond donors (Lipinski definition) is 1. The predicted molar refractivity (Wildman–Crippen MR) is 75.9 cm³/mol. The third-order valence-electron chi connectivity index (χ3n) is 3.17. The van der Waals surface area contributed by atoms with Gasteiger partial charge < -0.3 is 9.52 Å². The fourth-order valence-electron chi connectivity index (χ4n) is 2.09. The summed E-state index contributed by atoms with van der Waals surface area (Å²) in [4.78, 5) is 2.06. The Morgan fingerprint density at radius 3 is 2.37 bits per heavy atom. The molecule has 1 unspecified atom stereocenters. The van der Waals surface area contributed by atoms with E-state index < -0.39 is 6.10 Å². The van der Waals surface area contributed by atoms with Gasteiger partial charge in [0.15, 0.2) is 0 Å². The van der Waals surface area contributed by atoms with Gasteiger partial charge in [-0.3, -0.25) is 4.90 Å². The number of benzene rings is 1. The summed E-state index contributed by atoms with van der Waals surface area (Å²) in [5, 5.41) is 10.2. The smallest absolute Gasteiger partial charge is 0.118 e. The van der Waals surface area contributed by atoms with Crippen molar-refractivity contribution < 1.29 is 9.52 Å². The van der Waals surface area contributed by atoms with Crippen molar-refractivity contribution in [3.8, 4) is 0 Å². The van der Waals surface area contributed by atoms with Gasteiger partial charge in [-0.05, 0) is 38.6 Å². The standard InChI is InChI=1S/C16H21NO2/c1-12-4-7-14(8-5-12)16(18)11-17(3)10-15-9-6-13(2)19-15/h4-9,16,18H,10-11H2,1-3H3. The molecule has 0 fully saturated rings. The van der Waals surface area contributed by atoms with E-state index in [1.54, 1.807) is 0 Å². The lowest BCUT2D eigenvalue weighted by Gasteiger charge is -2.19. The molecule has 0 spiro atoms. The van der Waals surface area contributed by atoms with E-state index >= 15 is 0 Å². The van der Waals surface area contributed by atoms with Crippen LogP contribution >= 0.6 is 0 Å². The second-order valence-electron chi connectivity index (χ2n) is 5.14. The minimum atomic E-state index is -0.471. The third kappa shape index (κ3) is 3.94. The molecule has 1 heterocycles. The Balaban J connectivity index is 1.91. The molecule has 3 nitrogen and oxygen atoms in total. The van der Waals surface area contributed by atoms with Crippen molar-refractivity contribution in [3.05, 3.63) is 59.0 Å². The molecule has 0 bridgehead atoms. The van der Waals surface area contributed by atoms with Crippen molar-refractivity contribution in [2.75, 3.05) is 13.6 Å². The highest BCUT2D eigenvalue weighted by atomic mass is 16.3. The molecule has 1 atom stereocenters. The minimum absolute atomic E-state index is 0.471. The molecule has 0 amide bonds. The lowest BCUT2D eigenvalue weighted by atomic mass is 10.1. The topological polar surface area (TPSA) is 36.6 Å². The Morgan fingerprint density at radius 1 is 1.11 bits per heavy atom. The zero-order valence-corrected chi connectivity index (χ0v) is 11.8. The second-order valence-corrected chi connectivity index (χ2v) is 5.14. The summed E-state index contributed by atoms with van der Waals surface area (Å²) in [6.45, 7) is 5.27. The zero-order valence-electron chi connectivity index (χ0n) is 11.8. The number of aliphatic hydroxyl groups is 1. The maximum atomic E-state index is 10.2. The Bertz CT molecular complexity index is 516. The van der Waals surface area contributed by atoms with Gasteiger partial charge in [0.25, 0.3) is 0 Å². The first-order valence-corrected chi connectivity index (χ1v) is 6.53. The van der Waals surface area contributed by atoms with Gasteiger partial charge in [-0.15, -0.1) is 0 Å². The number of rotatable bonds is 5. The highest BCUT2D eigenvalue weighted by Gasteiger charge is 2.12. The minimum Gasteiger partial charge on any atom is -0.465 e. The van der Waals surface area contributed by atoms with E-state index in [2.05, 4.69) is 4.90 Å². The van der Waals surface area contributed by atoms with Gasteiger partial charge in [-0.2, -0.15) is 0 Å². The van der Waals surface area contributed by atoms with Crippen LogP contribution in [-0.2, 0) is 6.54 Å². The van der Waals surface area contributed by atoms with Crippen LogP contribution in [0.4, 0.5) is 0 Å². The van der Waals surface area contributed by atoms with Crippen LogP contribution < -0.4 is 0 Å². The molecule has 0 aliphatic carbocycles. The van der Waals surface area contributed by atoms with Gasteiger partial charge in [-0.1, -0.05) is 29.8 Å². The SMILES string of the molecule is Cc1ccc(C(O)CN(C)Cc2ccc(C)o2)cc1. The van der Waals surface area contributed by atoms with Crippen LogP contribution in [0.25, 0.3) is 0 Å². The van der Waals surface area contributed by atoms with Crippen LogP contribution in [0.15, 0.2) is 40.8 Å². The Hall–Kier alpha value is -1.58. The number of hydrogen-bond acceptors (Lipinski definition) is 3. The summed E-state index contributed by atoms with van der Waals surface area (Å²) in [7, 11) is 1.98. The first-order chi connectivity index (χ1) is 9.04. The fourth-order valence-corrected chi connectivity index (χ4v) is 2.09. The summed E-state index contributed by atoms with van der Waals surface area (Å²) < 4.78 is 5.53. The molecule has 0 aliphatic rings. The summed E-state index contributed by atoms with van der Waals surface area (Å²) in [6.07, 6.45) is -0.471. The van der Waals surface area contributed by atoms with Gasteiger partial charge in [0.1, 0.15) is 11.5 Å². The summed E-state index contributed by atoms with van der Waals surface area (Å²) >= 11 is 0. The molecular formula is C16H21NO2. The van der Waals surface area contributed by atoms with Crippen molar-refractivity contribution in [3.63, 3.8) is 0 Å². The number of nitrogens with zero attached hydrogens (tertiary/aromatic N) is 1. The van der Waals surface area contributed by atoms with Crippen molar-refractivity contribution >= 4 is 0 Å². The van der Waals surface area contributed by atoms with Gasteiger partial charge in [0, 0.05) is 6.54 Å². The second kappa shape index (κ2) is 6.04. The van der Waals surface area contributed by atoms with Crippen molar-refractivity contribution in [2.24, 2.45) is 0 Å². The van der Waals surface area contributed by atoms with Crippen LogP contribution in [0, 0.1) is 13.8 Å². The summed E-state index contributed by atoms with van der Waals surface area (Å²) in [5.41, 5.74) is 2.16. The first kappa shape index (κ1) is 13.8. The van der Waals surface area contributed by atoms with E-state index in [9.17, 15) is 5.11 Å². The first-order valence-electron chi connectivity index (χ1n) is 6.53. The maximum Gasteiger partial charge on any atom is 0.118 e. The van der Waals surface area contributed by atoms with Gasteiger partial charge in [0.05, 0.1) is 12.6 Å². The lowest BCUT2D eigenvalue weighted by Crippen LogP contribution is -2.24. The Labute approximate surface area is 114 Å². The van der Waals surface area contributed by atoms with Crippen LogP contribution in [0.2, 0.25) is 0 Å². The van der Waals surface area contributed by atoms with E-state index in [0.29, 0.717) is 13.1 Å². The zero-order chi connectivity index (χ0) is 13.8. The monoisotopic (exact) mass is 259 g/mol. The molecule has 0 aliphatic heterocycles. The van der Waals surface area contributed by atoms with E-state index in [1.807, 2.05) is 57.3 Å². The number of aryl methyl sites for hydroxylation is 2. The van der Waals surface area contributed by atoms with E-state index in [-0.39, 0.29) is 0 Å².